The Morgan fingerprint density at radius 3 is 1.86 bits per heavy atom. The average Bonchev–Trinajstić information content (AvgIpc) is 1.84. The molecule has 33 valence electrons. The first-order chi connectivity index (χ1) is 3.21. The molecule has 0 bridgehead atoms. The van der Waals surface area contributed by atoms with Gasteiger partial charge in [-0.15, -0.1) is 0 Å². The maximum absolute atomic E-state index is 5.31. The van der Waals surface area contributed by atoms with Gasteiger partial charge in [-0.25, -0.2) is 0 Å². The molecule has 0 aliphatic carbocycles. The van der Waals surface area contributed by atoms with Crippen molar-refractivity contribution in [3.8, 4) is 0 Å². The summed E-state index contributed by atoms with van der Waals surface area (Å²) in [5, 5.41) is 13.4. The Hall–Kier alpha value is -0.217. The topological polar surface area (TPSA) is 75.5 Å². The summed E-state index contributed by atoms with van der Waals surface area (Å²) >= 11 is 0.764. The molecule has 0 amide bonds. The summed E-state index contributed by atoms with van der Waals surface area (Å²) in [5.74, 6) is 0. The minimum atomic E-state index is -0.764. The first-order valence-corrected chi connectivity index (χ1v) is 3.17. The monoisotopic (exact) mass is 148 g/mol. The van der Waals surface area contributed by atoms with Gasteiger partial charge in [0.05, 0.1) is 0 Å². The van der Waals surface area contributed by atoms with E-state index in [1.54, 1.807) is 0 Å². The second kappa shape index (κ2) is 1.38. The van der Waals surface area contributed by atoms with E-state index in [0.717, 1.165) is 18.3 Å². The molecule has 0 unspecified atom stereocenters. The van der Waals surface area contributed by atoms with Gasteiger partial charge in [-0.1, -0.05) is 0 Å². The van der Waals surface area contributed by atoms with E-state index in [1.165, 1.54) is 0 Å². The Bertz CT molecular complexity index is 110. The molecule has 1 rings (SSSR count). The van der Waals surface area contributed by atoms with Crippen molar-refractivity contribution in [3.05, 3.63) is 0 Å². The molecular formula is CH2N5Zn. The fraction of sp³-hybridized carbons (Fsp3) is 1.00. The predicted molar refractivity (Wildman–Crippen MR) is 16.6 cm³/mol. The van der Waals surface area contributed by atoms with Gasteiger partial charge < -0.3 is 0 Å². The maximum atomic E-state index is 5.31. The standard InChI is InChI=1S/CH2N5.Zn/c2-1-3-5-6-4-1;/h2H2;. The van der Waals surface area contributed by atoms with E-state index in [4.69, 9.17) is 5.73 Å². The Morgan fingerprint density at radius 2 is 1.71 bits per heavy atom. The van der Waals surface area contributed by atoms with E-state index < -0.39 is 4.38 Å². The van der Waals surface area contributed by atoms with Gasteiger partial charge in [0.2, 0.25) is 0 Å². The Balaban J connectivity index is 2.77. The molecule has 1 aliphatic heterocycles. The molecule has 0 aromatic heterocycles. The molecule has 0 spiro atoms. The van der Waals surface area contributed by atoms with Crippen molar-refractivity contribution in [2.75, 3.05) is 0 Å². The number of hydrogen-bond acceptors (Lipinski definition) is 5. The zero-order valence-electron chi connectivity index (χ0n) is 3.57. The minimum absolute atomic E-state index is 0.764. The van der Waals surface area contributed by atoms with Crippen molar-refractivity contribution >= 4 is 0 Å². The quantitative estimate of drug-likeness (QED) is 0.481. The summed E-state index contributed by atoms with van der Waals surface area (Å²) < 4.78 is -0.764. The van der Waals surface area contributed by atoms with Crippen molar-refractivity contribution in [3.63, 3.8) is 0 Å². The molecule has 0 radical (unpaired) electrons. The SMILES string of the molecule is N[C]1([Zn])N=NN=N1. The molecule has 0 saturated carbocycles. The van der Waals surface area contributed by atoms with Crippen LogP contribution in [-0.2, 0) is 18.3 Å². The summed E-state index contributed by atoms with van der Waals surface area (Å²) in [6.45, 7) is 0. The Morgan fingerprint density at radius 1 is 1.29 bits per heavy atom. The summed E-state index contributed by atoms with van der Waals surface area (Å²) in [5.41, 5.74) is 5.31. The average molecular weight is 149 g/mol. The van der Waals surface area contributed by atoms with Gasteiger partial charge in [-0.05, 0) is 0 Å². The molecule has 6 heteroatoms. The summed E-state index contributed by atoms with van der Waals surface area (Å²) in [7, 11) is 0. The molecule has 5 nitrogen and oxygen atoms in total. The van der Waals surface area contributed by atoms with Crippen LogP contribution in [-0.4, -0.2) is 4.38 Å². The third-order valence-electron chi connectivity index (χ3n) is 0.476. The molecule has 0 aromatic rings. The van der Waals surface area contributed by atoms with Gasteiger partial charge in [0.25, 0.3) is 0 Å². The second-order valence-electron chi connectivity index (χ2n) is 1.26. The third-order valence-corrected chi connectivity index (χ3v) is 1.07. The van der Waals surface area contributed by atoms with E-state index in [9.17, 15) is 0 Å². The summed E-state index contributed by atoms with van der Waals surface area (Å²) in [6, 6.07) is 0. The molecule has 0 saturated heterocycles. The van der Waals surface area contributed by atoms with Crippen LogP contribution in [0.25, 0.3) is 0 Å². The summed E-state index contributed by atoms with van der Waals surface area (Å²) in [6.07, 6.45) is 0. The van der Waals surface area contributed by atoms with Crippen molar-refractivity contribution < 1.29 is 18.3 Å². The molecule has 1 aliphatic rings. The van der Waals surface area contributed by atoms with Crippen LogP contribution in [0, 0.1) is 0 Å². The predicted octanol–water partition coefficient (Wildman–Crippen LogP) is -0.0638. The molecule has 0 fully saturated rings. The van der Waals surface area contributed by atoms with Crippen molar-refractivity contribution in [1.29, 1.82) is 0 Å². The van der Waals surface area contributed by atoms with Crippen LogP contribution in [0.3, 0.4) is 0 Å². The van der Waals surface area contributed by atoms with Crippen LogP contribution < -0.4 is 5.73 Å². The molecule has 7 heavy (non-hydrogen) atoms. The fourth-order valence-electron chi connectivity index (χ4n) is 0.215. The van der Waals surface area contributed by atoms with Gasteiger partial charge in [0.15, 0.2) is 0 Å². The van der Waals surface area contributed by atoms with Crippen molar-refractivity contribution in [2.45, 2.75) is 4.38 Å². The first kappa shape index (κ1) is 4.93. The molecular weight excluding hydrogens is 147 g/mol. The van der Waals surface area contributed by atoms with Crippen LogP contribution in [0.4, 0.5) is 0 Å². The van der Waals surface area contributed by atoms with E-state index in [1.807, 2.05) is 0 Å². The molecule has 0 atom stereocenters. The Labute approximate surface area is 49.7 Å². The van der Waals surface area contributed by atoms with Crippen LogP contribution in [0.1, 0.15) is 0 Å². The first-order valence-electron chi connectivity index (χ1n) is 1.69. The van der Waals surface area contributed by atoms with Gasteiger partial charge in [0, 0.05) is 0 Å². The summed E-state index contributed by atoms with van der Waals surface area (Å²) in [4.78, 5) is 0. The van der Waals surface area contributed by atoms with Crippen LogP contribution in [0.2, 0.25) is 0 Å². The van der Waals surface area contributed by atoms with Crippen LogP contribution in [0.5, 0.6) is 0 Å². The number of nitrogens with two attached hydrogens (primary N) is 1. The van der Waals surface area contributed by atoms with E-state index >= 15 is 0 Å². The van der Waals surface area contributed by atoms with Crippen molar-refractivity contribution in [1.82, 2.24) is 0 Å². The van der Waals surface area contributed by atoms with Crippen molar-refractivity contribution in [2.24, 2.45) is 26.4 Å². The molecule has 2 N–H and O–H groups in total. The fourth-order valence-corrected chi connectivity index (χ4v) is 0.480. The third kappa shape index (κ3) is 1.07. The van der Waals surface area contributed by atoms with Gasteiger partial charge in [-0.2, -0.15) is 0 Å². The second-order valence-corrected chi connectivity index (χ2v) is 3.44. The van der Waals surface area contributed by atoms with Gasteiger partial charge in [0.1, 0.15) is 0 Å². The number of nitrogens with zero attached hydrogens (tertiary/aromatic N) is 4. The zero-order chi connectivity index (χ0) is 5.33. The Kier molecular flexibility index (Phi) is 0.974. The van der Waals surface area contributed by atoms with E-state index in [0.29, 0.717) is 0 Å². The van der Waals surface area contributed by atoms with Crippen LogP contribution >= 0.6 is 0 Å². The van der Waals surface area contributed by atoms with Crippen LogP contribution in [0.15, 0.2) is 20.7 Å². The van der Waals surface area contributed by atoms with E-state index in [-0.39, 0.29) is 0 Å². The van der Waals surface area contributed by atoms with Gasteiger partial charge in [-0.3, -0.25) is 0 Å². The zero-order valence-corrected chi connectivity index (χ0v) is 6.54. The normalized spacial score (nSPS) is 23.9. The molecule has 1 heterocycles. The van der Waals surface area contributed by atoms with Gasteiger partial charge >= 0.3 is 49.1 Å². The number of rotatable bonds is 0. The van der Waals surface area contributed by atoms with E-state index in [2.05, 4.69) is 20.7 Å². The molecule has 0 aromatic carbocycles. The number of hydrogen-bond donors (Lipinski definition) is 1.